The first-order valence-electron chi connectivity index (χ1n) is 13.8. The summed E-state index contributed by atoms with van der Waals surface area (Å²) in [5.41, 5.74) is 7.51. The van der Waals surface area contributed by atoms with E-state index in [1.165, 1.54) is 19.2 Å². The fraction of sp³-hybridized carbons (Fsp3) is 0.400. The topological polar surface area (TPSA) is 213 Å². The van der Waals surface area contributed by atoms with Gasteiger partial charge in [-0.2, -0.15) is 0 Å². The molecule has 9 N–H and O–H groups in total. The molecule has 43 heavy (non-hydrogen) atoms. The molecular weight excluding hydrogens is 562 g/mol. The molecule has 2 aliphatic heterocycles. The zero-order valence-corrected chi connectivity index (χ0v) is 23.6. The molecule has 1 fully saturated rings. The van der Waals surface area contributed by atoms with E-state index in [1.54, 1.807) is 13.1 Å². The van der Waals surface area contributed by atoms with Gasteiger partial charge in [-0.3, -0.25) is 9.59 Å². The number of aryl methyl sites for hydroxylation is 1. The minimum Gasteiger partial charge on any atom is -0.507 e. The molecule has 3 aliphatic rings. The SMILES string of the molecule is CNCc1c(CCC2=CNC(N)C=C2)cc2c(c1O)C(=O)c1c(OC3OC(CO)C(O)C(O)C3O)cc(OC)cc1C2=O. The molecule has 6 atom stereocenters. The van der Waals surface area contributed by atoms with Gasteiger partial charge in [-0.05, 0) is 49.2 Å². The second-order valence-corrected chi connectivity index (χ2v) is 10.6. The van der Waals surface area contributed by atoms with E-state index in [4.69, 9.17) is 19.9 Å². The van der Waals surface area contributed by atoms with Crippen LogP contribution < -0.4 is 25.8 Å². The minimum atomic E-state index is -1.76. The number of phenols is 1. The summed E-state index contributed by atoms with van der Waals surface area (Å²) >= 11 is 0. The van der Waals surface area contributed by atoms with Gasteiger partial charge in [0, 0.05) is 35.5 Å². The summed E-state index contributed by atoms with van der Waals surface area (Å²) in [6, 6.07) is 4.31. The first-order chi connectivity index (χ1) is 20.6. The maximum Gasteiger partial charge on any atom is 0.229 e. The normalized spacial score (nSPS) is 26.3. The number of nitrogens with two attached hydrogens (primary N) is 1. The molecule has 0 bridgehead atoms. The van der Waals surface area contributed by atoms with E-state index >= 15 is 0 Å². The van der Waals surface area contributed by atoms with Gasteiger partial charge in [-0.1, -0.05) is 6.08 Å². The average Bonchev–Trinajstić information content (AvgIpc) is 3.00. The van der Waals surface area contributed by atoms with Crippen molar-refractivity contribution in [2.24, 2.45) is 5.73 Å². The zero-order valence-electron chi connectivity index (χ0n) is 23.6. The Balaban J connectivity index is 1.55. The van der Waals surface area contributed by atoms with Gasteiger partial charge in [0.25, 0.3) is 0 Å². The number of allylic oxidation sites excluding steroid dienone is 2. The molecule has 0 radical (unpaired) electrons. The largest absolute Gasteiger partial charge is 0.507 e. The number of fused-ring (bicyclic) bond motifs is 2. The molecule has 0 amide bonds. The minimum absolute atomic E-state index is 0.0187. The van der Waals surface area contributed by atoms with Crippen LogP contribution in [-0.4, -0.2) is 94.7 Å². The number of aliphatic hydroxyl groups excluding tert-OH is 4. The van der Waals surface area contributed by atoms with Crippen LogP contribution in [0.15, 0.2) is 42.1 Å². The maximum atomic E-state index is 14.0. The summed E-state index contributed by atoms with van der Waals surface area (Å²) in [4.78, 5) is 28.0. The summed E-state index contributed by atoms with van der Waals surface area (Å²) < 4.78 is 16.6. The number of carbonyl (C=O) groups excluding carboxylic acids is 2. The van der Waals surface area contributed by atoms with Crippen molar-refractivity contribution in [1.29, 1.82) is 0 Å². The van der Waals surface area contributed by atoms with Crippen LogP contribution in [0.4, 0.5) is 0 Å². The van der Waals surface area contributed by atoms with E-state index in [1.807, 2.05) is 18.4 Å². The lowest BCUT2D eigenvalue weighted by Gasteiger charge is -2.39. The van der Waals surface area contributed by atoms with Crippen LogP contribution in [0.1, 0.15) is 49.4 Å². The van der Waals surface area contributed by atoms with Crippen molar-refractivity contribution in [3.8, 4) is 17.2 Å². The van der Waals surface area contributed by atoms with Gasteiger partial charge in [0.15, 0.2) is 5.78 Å². The van der Waals surface area contributed by atoms with E-state index in [-0.39, 0.29) is 52.2 Å². The molecule has 13 heteroatoms. The number of methoxy groups -OCH3 is 1. The maximum absolute atomic E-state index is 14.0. The summed E-state index contributed by atoms with van der Waals surface area (Å²) in [5, 5.41) is 57.9. The molecule has 0 aromatic heterocycles. The third-order valence-electron chi connectivity index (χ3n) is 7.86. The number of ether oxygens (including phenoxy) is 3. The highest BCUT2D eigenvalue weighted by molar-refractivity contribution is 6.30. The lowest BCUT2D eigenvalue weighted by atomic mass is 9.80. The Labute approximate surface area is 247 Å². The van der Waals surface area contributed by atoms with Crippen molar-refractivity contribution in [2.75, 3.05) is 20.8 Å². The van der Waals surface area contributed by atoms with E-state index in [0.29, 0.717) is 24.0 Å². The van der Waals surface area contributed by atoms with Crippen LogP contribution in [0.5, 0.6) is 17.2 Å². The van der Waals surface area contributed by atoms with Gasteiger partial charge in [0.1, 0.15) is 41.7 Å². The predicted octanol–water partition coefficient (Wildman–Crippen LogP) is -0.665. The number of dihydropyridines is 1. The highest BCUT2D eigenvalue weighted by Gasteiger charge is 2.46. The number of ketones is 2. The first kappa shape index (κ1) is 30.6. The van der Waals surface area contributed by atoms with E-state index in [9.17, 15) is 35.1 Å². The third kappa shape index (κ3) is 5.63. The van der Waals surface area contributed by atoms with Crippen molar-refractivity contribution >= 4 is 11.6 Å². The fourth-order valence-corrected chi connectivity index (χ4v) is 5.51. The molecule has 2 aromatic carbocycles. The number of phenolic OH excluding ortho intramolecular Hbond substituents is 1. The van der Waals surface area contributed by atoms with Crippen LogP contribution >= 0.6 is 0 Å². The van der Waals surface area contributed by atoms with Gasteiger partial charge < -0.3 is 56.1 Å². The lowest BCUT2D eigenvalue weighted by molar-refractivity contribution is -0.277. The van der Waals surface area contributed by atoms with Gasteiger partial charge in [-0.15, -0.1) is 0 Å². The fourth-order valence-electron chi connectivity index (χ4n) is 5.51. The summed E-state index contributed by atoms with van der Waals surface area (Å²) in [7, 11) is 3.05. The van der Waals surface area contributed by atoms with Crippen LogP contribution in [0, 0.1) is 0 Å². The molecule has 1 aliphatic carbocycles. The number of aliphatic hydroxyl groups is 4. The Hall–Kier alpha value is -3.82. The molecule has 230 valence electrons. The Kier molecular flexibility index (Phi) is 8.85. The van der Waals surface area contributed by atoms with Crippen molar-refractivity contribution < 1.29 is 49.3 Å². The Bertz CT molecular complexity index is 1490. The Morgan fingerprint density at radius 1 is 1.02 bits per heavy atom. The number of rotatable bonds is 9. The average molecular weight is 598 g/mol. The van der Waals surface area contributed by atoms with Crippen LogP contribution in [0.2, 0.25) is 0 Å². The second-order valence-electron chi connectivity index (χ2n) is 10.6. The summed E-state index contributed by atoms with van der Waals surface area (Å²) in [6.07, 6.45) is -1.69. The van der Waals surface area contributed by atoms with Gasteiger partial charge in [-0.25, -0.2) is 0 Å². The molecule has 1 saturated heterocycles. The smallest absolute Gasteiger partial charge is 0.229 e. The van der Waals surface area contributed by atoms with E-state index in [2.05, 4.69) is 10.6 Å². The summed E-state index contributed by atoms with van der Waals surface area (Å²) in [5.74, 6) is -1.67. The van der Waals surface area contributed by atoms with Gasteiger partial charge >= 0.3 is 0 Å². The van der Waals surface area contributed by atoms with E-state index < -0.39 is 48.9 Å². The quantitative estimate of drug-likeness (QED) is 0.154. The molecular formula is C30H35N3O10. The number of nitrogens with one attached hydrogen (secondary N) is 2. The molecule has 0 spiro atoms. The molecule has 0 saturated carbocycles. The molecule has 2 aromatic rings. The highest BCUT2D eigenvalue weighted by Crippen LogP contribution is 2.42. The summed E-state index contributed by atoms with van der Waals surface area (Å²) in [6.45, 7) is -0.467. The predicted molar refractivity (Wildman–Crippen MR) is 152 cm³/mol. The van der Waals surface area contributed by atoms with Crippen molar-refractivity contribution in [3.05, 3.63) is 75.5 Å². The molecule has 13 nitrogen and oxygen atoms in total. The standard InChI is InChI=1S/C30H35N3O10/c1-32-11-18-14(5-3-13-4-6-21(31)33-10-13)7-16-23(25(18)36)27(38)22-17(24(16)35)8-15(41-2)9-19(22)42-30-29(40)28(39)26(37)20(12-34)43-30/h4,6-10,20-21,26,28-30,32-34,36-37,39-40H,3,5,11-12,31H2,1-2H3. The highest BCUT2D eigenvalue weighted by atomic mass is 16.7. The monoisotopic (exact) mass is 597 g/mol. The van der Waals surface area contributed by atoms with E-state index in [0.717, 1.165) is 5.57 Å². The van der Waals surface area contributed by atoms with Crippen molar-refractivity contribution in [3.63, 3.8) is 0 Å². The number of carbonyl (C=O) groups is 2. The third-order valence-corrected chi connectivity index (χ3v) is 7.86. The second kappa shape index (κ2) is 12.4. The molecule has 2 heterocycles. The first-order valence-corrected chi connectivity index (χ1v) is 13.8. The number of hydrogen-bond donors (Lipinski definition) is 8. The molecule has 5 rings (SSSR count). The zero-order chi connectivity index (χ0) is 31.0. The van der Waals surface area contributed by atoms with Crippen molar-refractivity contribution in [1.82, 2.24) is 10.6 Å². The number of hydrogen-bond acceptors (Lipinski definition) is 13. The Morgan fingerprint density at radius 2 is 1.77 bits per heavy atom. The van der Waals surface area contributed by atoms with Crippen molar-refractivity contribution in [2.45, 2.75) is 56.3 Å². The van der Waals surface area contributed by atoms with Crippen LogP contribution in [-0.2, 0) is 17.7 Å². The lowest BCUT2D eigenvalue weighted by Crippen LogP contribution is -2.60. The van der Waals surface area contributed by atoms with Gasteiger partial charge in [0.2, 0.25) is 12.1 Å². The van der Waals surface area contributed by atoms with Crippen LogP contribution in [0.25, 0.3) is 0 Å². The Morgan fingerprint density at radius 3 is 2.42 bits per heavy atom. The van der Waals surface area contributed by atoms with Gasteiger partial charge in [0.05, 0.1) is 31.0 Å². The van der Waals surface area contributed by atoms with Crippen LogP contribution in [0.3, 0.4) is 0 Å². The number of benzene rings is 2. The molecule has 6 unspecified atom stereocenters. The number of aromatic hydroxyl groups is 1.